The second-order valence-corrected chi connectivity index (χ2v) is 5.94. The molecule has 4 N–H and O–H groups in total. The largest absolute Gasteiger partial charge is 0.321 e. The molecule has 0 bridgehead atoms. The third-order valence-electron chi connectivity index (χ3n) is 3.47. The molecular formula is C14H15FN4OS. The number of anilines is 2. The van der Waals surface area contributed by atoms with Gasteiger partial charge in [0.05, 0.1) is 16.9 Å². The Hall–Kier alpha value is -1.99. The molecule has 1 aromatic carbocycles. The van der Waals surface area contributed by atoms with Crippen LogP contribution in [-0.4, -0.2) is 10.9 Å². The fourth-order valence-corrected chi connectivity index (χ4v) is 3.47. The maximum Gasteiger partial charge on any atom is 0.259 e. The number of nitrogens with one attached hydrogen (secondary N) is 2. The van der Waals surface area contributed by atoms with Gasteiger partial charge in [0.2, 0.25) is 0 Å². The third-order valence-corrected chi connectivity index (χ3v) is 4.54. The predicted molar refractivity (Wildman–Crippen MR) is 80.9 cm³/mol. The van der Waals surface area contributed by atoms with Crippen molar-refractivity contribution >= 4 is 28.1 Å². The summed E-state index contributed by atoms with van der Waals surface area (Å²) < 4.78 is 13.6. The number of aromatic nitrogens is 1. The van der Waals surface area contributed by atoms with E-state index in [4.69, 9.17) is 5.84 Å². The maximum absolute atomic E-state index is 13.6. The smallest absolute Gasteiger partial charge is 0.259 e. The van der Waals surface area contributed by atoms with Crippen LogP contribution in [0.4, 0.5) is 15.2 Å². The van der Waals surface area contributed by atoms with Crippen molar-refractivity contribution in [2.75, 3.05) is 10.7 Å². The number of halogens is 1. The van der Waals surface area contributed by atoms with E-state index in [1.165, 1.54) is 34.4 Å². The Bertz CT molecular complexity index is 662. The van der Waals surface area contributed by atoms with Gasteiger partial charge in [0.1, 0.15) is 5.82 Å². The minimum absolute atomic E-state index is 0.0173. The SMILES string of the molecule is NNc1c(F)cccc1C(=O)Nc1nc2c(s1)CCCC2. The van der Waals surface area contributed by atoms with Crippen molar-refractivity contribution in [3.05, 3.63) is 40.2 Å². The minimum Gasteiger partial charge on any atom is -0.321 e. The molecule has 1 aliphatic carbocycles. The second-order valence-electron chi connectivity index (χ2n) is 4.86. The lowest BCUT2D eigenvalue weighted by Crippen LogP contribution is -2.18. The number of nitrogen functional groups attached to an aromatic ring is 1. The number of nitrogens with zero attached hydrogens (tertiary/aromatic N) is 1. The quantitative estimate of drug-likeness (QED) is 0.601. The highest BCUT2D eigenvalue weighted by Gasteiger charge is 2.19. The van der Waals surface area contributed by atoms with E-state index in [0.717, 1.165) is 31.4 Å². The Morgan fingerprint density at radius 2 is 2.14 bits per heavy atom. The normalized spacial score (nSPS) is 13.6. The summed E-state index contributed by atoms with van der Waals surface area (Å²) in [5, 5.41) is 3.28. The van der Waals surface area contributed by atoms with Crippen molar-refractivity contribution in [1.82, 2.24) is 4.98 Å². The predicted octanol–water partition coefficient (Wildman–Crippen LogP) is 2.70. The topological polar surface area (TPSA) is 80.0 Å². The van der Waals surface area contributed by atoms with Crippen molar-refractivity contribution < 1.29 is 9.18 Å². The standard InChI is InChI=1S/C14H15FN4OS/c15-9-5-3-4-8(12(9)19-16)13(20)18-14-17-10-6-1-2-7-11(10)21-14/h3-5,19H,1-2,6-7,16H2,(H,17,18,20). The molecule has 110 valence electrons. The van der Waals surface area contributed by atoms with Crippen molar-refractivity contribution in [2.24, 2.45) is 5.84 Å². The molecule has 0 saturated carbocycles. The number of hydrogen-bond acceptors (Lipinski definition) is 5. The molecule has 1 aliphatic rings. The number of para-hydroxylation sites is 1. The number of nitrogens with two attached hydrogens (primary N) is 1. The van der Waals surface area contributed by atoms with Crippen LogP contribution in [-0.2, 0) is 12.8 Å². The molecule has 1 aromatic heterocycles. The number of fused-ring (bicyclic) bond motifs is 1. The highest BCUT2D eigenvalue weighted by atomic mass is 32.1. The Morgan fingerprint density at radius 3 is 2.90 bits per heavy atom. The highest BCUT2D eigenvalue weighted by Crippen LogP contribution is 2.30. The summed E-state index contributed by atoms with van der Waals surface area (Å²) >= 11 is 1.49. The van der Waals surface area contributed by atoms with Crippen LogP contribution in [0.3, 0.4) is 0 Å². The van der Waals surface area contributed by atoms with Gasteiger partial charge in [0.25, 0.3) is 5.91 Å². The van der Waals surface area contributed by atoms with Gasteiger partial charge in [-0.1, -0.05) is 6.07 Å². The van der Waals surface area contributed by atoms with E-state index in [2.05, 4.69) is 15.7 Å². The lowest BCUT2D eigenvalue weighted by atomic mass is 10.0. The van der Waals surface area contributed by atoms with Crippen molar-refractivity contribution in [3.8, 4) is 0 Å². The van der Waals surface area contributed by atoms with Gasteiger partial charge in [-0.2, -0.15) is 0 Å². The fraction of sp³-hybridized carbons (Fsp3) is 0.286. The van der Waals surface area contributed by atoms with Crippen molar-refractivity contribution in [1.29, 1.82) is 0 Å². The summed E-state index contributed by atoms with van der Waals surface area (Å²) in [5.41, 5.74) is 3.43. The van der Waals surface area contributed by atoms with Crippen LogP contribution in [0.2, 0.25) is 0 Å². The van der Waals surface area contributed by atoms with E-state index < -0.39 is 11.7 Å². The zero-order chi connectivity index (χ0) is 14.8. The van der Waals surface area contributed by atoms with E-state index >= 15 is 0 Å². The molecule has 0 spiro atoms. The molecule has 0 atom stereocenters. The number of carbonyl (C=O) groups excluding carboxylic acids is 1. The number of thiazole rings is 1. The first-order valence-electron chi connectivity index (χ1n) is 6.74. The van der Waals surface area contributed by atoms with Gasteiger partial charge < -0.3 is 5.43 Å². The van der Waals surface area contributed by atoms with Crippen molar-refractivity contribution in [3.63, 3.8) is 0 Å². The molecule has 0 saturated heterocycles. The lowest BCUT2D eigenvalue weighted by molar-refractivity contribution is 0.102. The van der Waals surface area contributed by atoms with Gasteiger partial charge >= 0.3 is 0 Å². The minimum atomic E-state index is -0.566. The summed E-state index contributed by atoms with van der Waals surface area (Å²) in [6, 6.07) is 4.23. The molecule has 5 nitrogen and oxygen atoms in total. The Labute approximate surface area is 125 Å². The van der Waals surface area contributed by atoms with E-state index in [9.17, 15) is 9.18 Å². The van der Waals surface area contributed by atoms with E-state index in [1.807, 2.05) is 0 Å². The number of carbonyl (C=O) groups is 1. The highest BCUT2D eigenvalue weighted by molar-refractivity contribution is 7.15. The first kappa shape index (κ1) is 14.0. The number of rotatable bonds is 3. The molecule has 0 radical (unpaired) electrons. The number of hydrazine groups is 1. The monoisotopic (exact) mass is 306 g/mol. The summed E-state index contributed by atoms with van der Waals surface area (Å²) in [4.78, 5) is 17.9. The summed E-state index contributed by atoms with van der Waals surface area (Å²) in [5.74, 6) is 4.29. The average Bonchev–Trinajstić information content (AvgIpc) is 2.89. The summed E-state index contributed by atoms with van der Waals surface area (Å²) in [6.07, 6.45) is 4.26. The average molecular weight is 306 g/mol. The van der Waals surface area contributed by atoms with Crippen LogP contribution in [0.15, 0.2) is 18.2 Å². The number of aryl methyl sites for hydroxylation is 2. The number of amides is 1. The lowest BCUT2D eigenvalue weighted by Gasteiger charge is -2.08. The molecule has 2 aromatic rings. The molecule has 0 fully saturated rings. The first-order chi connectivity index (χ1) is 10.2. The van der Waals surface area contributed by atoms with Gasteiger partial charge in [-0.15, -0.1) is 11.3 Å². The zero-order valence-electron chi connectivity index (χ0n) is 11.3. The van der Waals surface area contributed by atoms with Crippen LogP contribution in [0, 0.1) is 5.82 Å². The van der Waals surface area contributed by atoms with Gasteiger partial charge in [0.15, 0.2) is 5.13 Å². The van der Waals surface area contributed by atoms with E-state index in [0.29, 0.717) is 5.13 Å². The van der Waals surface area contributed by atoms with Crippen LogP contribution < -0.4 is 16.6 Å². The van der Waals surface area contributed by atoms with Crippen LogP contribution in [0.25, 0.3) is 0 Å². The number of hydrogen-bond donors (Lipinski definition) is 3. The number of benzene rings is 1. The Kier molecular flexibility index (Phi) is 3.85. The molecular weight excluding hydrogens is 291 g/mol. The summed E-state index contributed by atoms with van der Waals surface area (Å²) in [7, 11) is 0. The molecule has 7 heteroatoms. The van der Waals surface area contributed by atoms with Gasteiger partial charge in [-0.3, -0.25) is 16.0 Å². The second kappa shape index (κ2) is 5.79. The zero-order valence-corrected chi connectivity index (χ0v) is 12.1. The molecule has 3 rings (SSSR count). The molecule has 0 unspecified atom stereocenters. The van der Waals surface area contributed by atoms with E-state index in [-0.39, 0.29) is 11.3 Å². The van der Waals surface area contributed by atoms with Gasteiger partial charge in [-0.05, 0) is 37.8 Å². The maximum atomic E-state index is 13.6. The Morgan fingerprint density at radius 1 is 1.33 bits per heavy atom. The van der Waals surface area contributed by atoms with Crippen LogP contribution in [0.1, 0.15) is 33.8 Å². The van der Waals surface area contributed by atoms with Crippen LogP contribution >= 0.6 is 11.3 Å². The van der Waals surface area contributed by atoms with Gasteiger partial charge in [-0.25, -0.2) is 9.37 Å². The molecule has 1 amide bonds. The van der Waals surface area contributed by atoms with Gasteiger partial charge in [0, 0.05) is 4.88 Å². The van der Waals surface area contributed by atoms with E-state index in [1.54, 1.807) is 0 Å². The van der Waals surface area contributed by atoms with Crippen molar-refractivity contribution in [2.45, 2.75) is 25.7 Å². The molecule has 0 aliphatic heterocycles. The molecule has 1 heterocycles. The first-order valence-corrected chi connectivity index (χ1v) is 7.55. The third kappa shape index (κ3) is 2.74. The molecule has 21 heavy (non-hydrogen) atoms. The van der Waals surface area contributed by atoms with Crippen LogP contribution in [0.5, 0.6) is 0 Å². The summed E-state index contributed by atoms with van der Waals surface area (Å²) in [6.45, 7) is 0. The fourth-order valence-electron chi connectivity index (χ4n) is 2.43. The Balaban J connectivity index is 1.83.